The summed E-state index contributed by atoms with van der Waals surface area (Å²) in [6.45, 7) is 0. The minimum absolute atomic E-state index is 0.378. The Morgan fingerprint density at radius 2 is 1.81 bits per heavy atom. The second-order valence-corrected chi connectivity index (χ2v) is 8.61. The van der Waals surface area contributed by atoms with Gasteiger partial charge in [-0.05, 0) is 11.6 Å². The van der Waals surface area contributed by atoms with Crippen molar-refractivity contribution >= 4 is 44.8 Å². The molecule has 5 rings (SSSR count). The van der Waals surface area contributed by atoms with Gasteiger partial charge in [-0.2, -0.15) is 0 Å². The van der Waals surface area contributed by atoms with Gasteiger partial charge in [0.1, 0.15) is 15.7 Å². The summed E-state index contributed by atoms with van der Waals surface area (Å²) < 4.78 is 7.30. The van der Waals surface area contributed by atoms with Crippen molar-refractivity contribution in [3.8, 4) is 39.0 Å². The van der Waals surface area contributed by atoms with Gasteiger partial charge >= 0.3 is 0 Å². The number of hydrogen-bond acceptors (Lipinski definition) is 5. The van der Waals surface area contributed by atoms with Crippen molar-refractivity contribution in [1.29, 1.82) is 0 Å². The Hall–Kier alpha value is -2.93. The van der Waals surface area contributed by atoms with Gasteiger partial charge in [0.2, 0.25) is 0 Å². The summed E-state index contributed by atoms with van der Waals surface area (Å²) in [7, 11) is 3.50. The highest BCUT2D eigenvalue weighted by atomic mass is 35.5. The van der Waals surface area contributed by atoms with Crippen LogP contribution in [0.2, 0.25) is 10.2 Å². The van der Waals surface area contributed by atoms with Crippen LogP contribution in [-0.2, 0) is 7.05 Å². The first-order chi connectivity index (χ1) is 15.1. The van der Waals surface area contributed by atoms with Crippen LogP contribution < -0.4 is 4.74 Å². The highest BCUT2D eigenvalue weighted by Gasteiger charge is 2.23. The molecule has 154 valence electrons. The van der Waals surface area contributed by atoms with Gasteiger partial charge in [-0.3, -0.25) is 0 Å². The summed E-state index contributed by atoms with van der Waals surface area (Å²) in [5.74, 6) is 1.75. The van der Waals surface area contributed by atoms with E-state index in [-0.39, 0.29) is 0 Å². The fourth-order valence-electron chi connectivity index (χ4n) is 3.55. The molecule has 0 fully saturated rings. The van der Waals surface area contributed by atoms with Crippen molar-refractivity contribution in [2.24, 2.45) is 7.05 Å². The average Bonchev–Trinajstić information content (AvgIpc) is 3.38. The third-order valence-electron chi connectivity index (χ3n) is 5.02. The van der Waals surface area contributed by atoms with E-state index in [1.165, 1.54) is 11.3 Å². The monoisotopic (exact) mass is 466 g/mol. The van der Waals surface area contributed by atoms with Crippen molar-refractivity contribution in [1.82, 2.24) is 19.5 Å². The molecule has 31 heavy (non-hydrogen) atoms. The molecule has 3 aromatic heterocycles. The number of fused-ring (bicyclic) bond motifs is 1. The highest BCUT2D eigenvalue weighted by Crippen LogP contribution is 2.49. The Kier molecular flexibility index (Phi) is 5.14. The quantitative estimate of drug-likeness (QED) is 0.275. The molecule has 0 unspecified atom stereocenters. The second kappa shape index (κ2) is 7.96. The zero-order chi connectivity index (χ0) is 21.5. The van der Waals surface area contributed by atoms with Crippen molar-refractivity contribution < 1.29 is 4.74 Å². The number of rotatable bonds is 4. The van der Waals surface area contributed by atoms with Crippen molar-refractivity contribution in [2.45, 2.75) is 0 Å². The topological polar surface area (TPSA) is 52.8 Å². The summed E-state index contributed by atoms with van der Waals surface area (Å²) in [6, 6.07) is 15.8. The normalized spacial score (nSPS) is 11.2. The number of benzene rings is 2. The largest absolute Gasteiger partial charge is 0.495 e. The number of hydrogen-bond donors (Lipinski definition) is 0. The van der Waals surface area contributed by atoms with Gasteiger partial charge < -0.3 is 9.30 Å². The summed E-state index contributed by atoms with van der Waals surface area (Å²) in [5, 5.41) is 1.72. The minimum Gasteiger partial charge on any atom is -0.495 e. The van der Waals surface area contributed by atoms with E-state index in [1.54, 1.807) is 13.3 Å². The highest BCUT2D eigenvalue weighted by molar-refractivity contribution is 7.22. The molecule has 5 aromatic rings. The fraction of sp³-hybridized carbons (Fsp3) is 0.0870. The molecule has 0 saturated carbocycles. The SMILES string of the molecule is COc1cccc(-c2sc3nc(-c4nccn4C)nc(Cl)c3c2-c2ccccc2)c1Cl. The maximum absolute atomic E-state index is 6.75. The van der Waals surface area contributed by atoms with Crippen LogP contribution in [0.5, 0.6) is 5.75 Å². The van der Waals surface area contributed by atoms with E-state index in [0.717, 1.165) is 31.8 Å². The number of aromatic nitrogens is 4. The third-order valence-corrected chi connectivity index (χ3v) is 6.80. The van der Waals surface area contributed by atoms with Crippen molar-refractivity contribution in [2.75, 3.05) is 7.11 Å². The molecule has 0 aliphatic heterocycles. The van der Waals surface area contributed by atoms with Crippen LogP contribution in [0.15, 0.2) is 60.9 Å². The first kappa shape index (κ1) is 20.0. The van der Waals surface area contributed by atoms with Gasteiger partial charge in [0.25, 0.3) is 0 Å². The first-order valence-corrected chi connectivity index (χ1v) is 11.0. The van der Waals surface area contributed by atoms with E-state index < -0.39 is 0 Å². The van der Waals surface area contributed by atoms with Gasteiger partial charge in [0, 0.05) is 35.4 Å². The molecule has 0 aliphatic carbocycles. The zero-order valence-electron chi connectivity index (χ0n) is 16.6. The van der Waals surface area contributed by atoms with Crippen LogP contribution in [0, 0.1) is 0 Å². The molecule has 0 aliphatic rings. The van der Waals surface area contributed by atoms with Gasteiger partial charge in [-0.1, -0.05) is 65.7 Å². The van der Waals surface area contributed by atoms with E-state index in [1.807, 2.05) is 66.3 Å². The average molecular weight is 467 g/mol. The Morgan fingerprint density at radius 1 is 1.00 bits per heavy atom. The summed E-state index contributed by atoms with van der Waals surface area (Å²) in [6.07, 6.45) is 3.56. The van der Waals surface area contributed by atoms with Crippen LogP contribution in [0.25, 0.3) is 43.4 Å². The van der Waals surface area contributed by atoms with E-state index in [0.29, 0.717) is 27.6 Å². The van der Waals surface area contributed by atoms with Crippen LogP contribution >= 0.6 is 34.5 Å². The minimum atomic E-state index is 0.378. The lowest BCUT2D eigenvalue weighted by atomic mass is 10.00. The maximum Gasteiger partial charge on any atom is 0.198 e. The number of thiophene rings is 1. The Morgan fingerprint density at radius 3 is 2.52 bits per heavy atom. The lowest BCUT2D eigenvalue weighted by Crippen LogP contribution is -1.97. The van der Waals surface area contributed by atoms with Crippen LogP contribution in [-0.4, -0.2) is 26.6 Å². The van der Waals surface area contributed by atoms with Crippen molar-refractivity contribution in [3.05, 3.63) is 71.1 Å². The molecule has 3 heterocycles. The molecule has 0 spiro atoms. The lowest BCUT2D eigenvalue weighted by Gasteiger charge is -2.10. The van der Waals surface area contributed by atoms with Gasteiger partial charge in [0.05, 0.1) is 17.5 Å². The lowest BCUT2D eigenvalue weighted by molar-refractivity contribution is 0.415. The Bertz CT molecular complexity index is 1410. The predicted octanol–water partition coefficient (Wildman–Crippen LogP) is 6.74. The van der Waals surface area contributed by atoms with Crippen LogP contribution in [0.3, 0.4) is 0 Å². The molecule has 0 N–H and O–H groups in total. The molecule has 5 nitrogen and oxygen atoms in total. The van der Waals surface area contributed by atoms with Crippen LogP contribution in [0.1, 0.15) is 0 Å². The predicted molar refractivity (Wildman–Crippen MR) is 127 cm³/mol. The molecule has 0 amide bonds. The van der Waals surface area contributed by atoms with Gasteiger partial charge in [-0.15, -0.1) is 11.3 Å². The van der Waals surface area contributed by atoms with E-state index in [9.17, 15) is 0 Å². The first-order valence-electron chi connectivity index (χ1n) is 9.44. The van der Waals surface area contributed by atoms with Crippen molar-refractivity contribution in [3.63, 3.8) is 0 Å². The fourth-order valence-corrected chi connectivity index (χ4v) is 5.46. The maximum atomic E-state index is 6.75. The van der Waals surface area contributed by atoms with Crippen LogP contribution in [0.4, 0.5) is 0 Å². The number of halogens is 2. The molecule has 0 saturated heterocycles. The third kappa shape index (κ3) is 3.37. The molecule has 2 aromatic carbocycles. The second-order valence-electron chi connectivity index (χ2n) is 6.87. The Balaban J connectivity index is 1.85. The Labute approximate surface area is 192 Å². The number of ether oxygens (including phenoxy) is 1. The van der Waals surface area contributed by atoms with Gasteiger partial charge in [0.15, 0.2) is 11.6 Å². The number of nitrogens with zero attached hydrogens (tertiary/aromatic N) is 4. The van der Waals surface area contributed by atoms with E-state index in [4.69, 9.17) is 32.9 Å². The molecule has 0 atom stereocenters. The summed E-state index contributed by atoms with van der Waals surface area (Å²) >= 11 is 15.0. The molecular weight excluding hydrogens is 451 g/mol. The zero-order valence-corrected chi connectivity index (χ0v) is 19.0. The smallest absolute Gasteiger partial charge is 0.198 e. The summed E-state index contributed by atoms with van der Waals surface area (Å²) in [4.78, 5) is 15.5. The number of methoxy groups -OCH3 is 1. The molecular formula is C23H16Cl2N4OS. The molecule has 8 heteroatoms. The number of aryl methyl sites for hydroxylation is 1. The summed E-state index contributed by atoms with van der Waals surface area (Å²) in [5.41, 5.74) is 2.82. The molecule has 0 radical (unpaired) electrons. The standard InChI is InChI=1S/C23H16Cl2N4OS/c1-29-12-11-26-22(29)21-27-20(25)17-16(13-7-4-3-5-8-13)19(31-23(17)28-21)14-9-6-10-15(30-2)18(14)24/h3-12H,1-2H3. The number of imidazole rings is 1. The van der Waals surface area contributed by atoms with Gasteiger partial charge in [-0.25, -0.2) is 15.0 Å². The van der Waals surface area contributed by atoms with E-state index >= 15 is 0 Å². The van der Waals surface area contributed by atoms with E-state index in [2.05, 4.69) is 9.97 Å². The molecule has 0 bridgehead atoms.